The molecule has 4 nitrogen and oxygen atoms in total. The van der Waals surface area contributed by atoms with Crippen LogP contribution in [0.1, 0.15) is 21.5 Å². The summed E-state index contributed by atoms with van der Waals surface area (Å²) in [6.07, 6.45) is 1.28. The average molecular weight is 315 g/mol. The van der Waals surface area contributed by atoms with Gasteiger partial charge in [-0.05, 0) is 36.4 Å². The second-order valence-electron chi connectivity index (χ2n) is 4.93. The topological polar surface area (TPSA) is 55.4 Å². The fourth-order valence-electron chi connectivity index (χ4n) is 2.36. The highest BCUT2D eigenvalue weighted by molar-refractivity contribution is 6.35. The molecule has 0 aliphatic carbocycles. The van der Waals surface area contributed by atoms with Crippen molar-refractivity contribution in [3.8, 4) is 0 Å². The van der Waals surface area contributed by atoms with Crippen molar-refractivity contribution in [2.24, 2.45) is 0 Å². The Labute approximate surface area is 130 Å². The van der Waals surface area contributed by atoms with E-state index >= 15 is 0 Å². The molecular formula is C17H11F2NO3. The first kappa shape index (κ1) is 14.9. The van der Waals surface area contributed by atoms with Crippen molar-refractivity contribution in [1.29, 1.82) is 0 Å². The van der Waals surface area contributed by atoms with Gasteiger partial charge in [0.25, 0.3) is 5.91 Å². The summed E-state index contributed by atoms with van der Waals surface area (Å²) in [6, 6.07) is 7.54. The van der Waals surface area contributed by atoms with E-state index in [2.05, 4.69) is 10.1 Å². The smallest absolute Gasteiger partial charge is 0.337 e. The van der Waals surface area contributed by atoms with E-state index in [1.165, 1.54) is 25.3 Å². The first-order valence-corrected chi connectivity index (χ1v) is 6.70. The summed E-state index contributed by atoms with van der Waals surface area (Å²) in [7, 11) is 1.26. The fraction of sp³-hybridized carbons (Fsp3) is 0.0588. The molecule has 2 aromatic carbocycles. The lowest BCUT2D eigenvalue weighted by atomic mass is 10.0. The summed E-state index contributed by atoms with van der Waals surface area (Å²) in [5.41, 5.74) is 1.37. The van der Waals surface area contributed by atoms with Crippen molar-refractivity contribution in [1.82, 2.24) is 0 Å². The lowest BCUT2D eigenvalue weighted by Gasteiger charge is -2.03. The van der Waals surface area contributed by atoms with Crippen molar-refractivity contribution < 1.29 is 23.1 Å². The van der Waals surface area contributed by atoms with Crippen LogP contribution in [0.3, 0.4) is 0 Å². The van der Waals surface area contributed by atoms with Crippen molar-refractivity contribution in [3.05, 3.63) is 64.7 Å². The summed E-state index contributed by atoms with van der Waals surface area (Å²) >= 11 is 0. The van der Waals surface area contributed by atoms with Crippen LogP contribution in [-0.2, 0) is 9.53 Å². The first-order valence-electron chi connectivity index (χ1n) is 6.70. The largest absolute Gasteiger partial charge is 0.465 e. The van der Waals surface area contributed by atoms with Crippen molar-refractivity contribution in [2.45, 2.75) is 0 Å². The summed E-state index contributed by atoms with van der Waals surface area (Å²) in [4.78, 5) is 23.6. The number of methoxy groups -OCH3 is 1. The molecule has 0 unspecified atom stereocenters. The second-order valence-corrected chi connectivity index (χ2v) is 4.93. The van der Waals surface area contributed by atoms with Crippen molar-refractivity contribution in [3.63, 3.8) is 0 Å². The monoisotopic (exact) mass is 315 g/mol. The number of hydrogen-bond donors (Lipinski definition) is 1. The van der Waals surface area contributed by atoms with Crippen LogP contribution in [0.5, 0.6) is 0 Å². The van der Waals surface area contributed by atoms with Gasteiger partial charge in [-0.25, -0.2) is 13.6 Å². The standard InChI is InChI=1S/C17H11F2NO3/c1-23-17(22)9-2-4-12-13(16(21)20-15(12)8-9)7-10-6-11(18)3-5-14(10)19/h2-8H,1H3,(H,20,21)/b13-7-. The number of carbonyl (C=O) groups excluding carboxylic acids is 2. The van der Waals surface area contributed by atoms with Gasteiger partial charge in [0.1, 0.15) is 11.6 Å². The van der Waals surface area contributed by atoms with Gasteiger partial charge >= 0.3 is 5.97 Å². The molecule has 1 N–H and O–H groups in total. The molecule has 6 heteroatoms. The van der Waals surface area contributed by atoms with Gasteiger partial charge in [0, 0.05) is 22.4 Å². The Morgan fingerprint density at radius 3 is 2.70 bits per heavy atom. The highest BCUT2D eigenvalue weighted by atomic mass is 19.1. The molecule has 0 aromatic heterocycles. The van der Waals surface area contributed by atoms with E-state index in [0.717, 1.165) is 18.2 Å². The molecule has 0 radical (unpaired) electrons. The van der Waals surface area contributed by atoms with Gasteiger partial charge in [-0.1, -0.05) is 6.07 Å². The predicted octanol–water partition coefficient (Wildman–Crippen LogP) is 3.24. The minimum atomic E-state index is -0.633. The molecule has 23 heavy (non-hydrogen) atoms. The molecule has 0 saturated carbocycles. The lowest BCUT2D eigenvalue weighted by Crippen LogP contribution is -2.04. The number of fused-ring (bicyclic) bond motifs is 1. The van der Waals surface area contributed by atoms with Crippen LogP contribution in [0.2, 0.25) is 0 Å². The van der Waals surface area contributed by atoms with Gasteiger partial charge in [-0.3, -0.25) is 4.79 Å². The number of esters is 1. The molecule has 0 bridgehead atoms. The number of carbonyl (C=O) groups is 2. The summed E-state index contributed by atoms with van der Waals surface area (Å²) in [6.45, 7) is 0. The quantitative estimate of drug-likeness (QED) is 0.684. The zero-order valence-electron chi connectivity index (χ0n) is 12.0. The number of ether oxygens (including phenoxy) is 1. The van der Waals surface area contributed by atoms with E-state index in [1.807, 2.05) is 0 Å². The van der Waals surface area contributed by atoms with E-state index in [4.69, 9.17) is 0 Å². The molecule has 116 valence electrons. The minimum Gasteiger partial charge on any atom is -0.465 e. The van der Waals surface area contributed by atoms with Gasteiger partial charge in [0.2, 0.25) is 0 Å². The third-order valence-electron chi connectivity index (χ3n) is 3.48. The van der Waals surface area contributed by atoms with Crippen LogP contribution in [0.4, 0.5) is 14.5 Å². The van der Waals surface area contributed by atoms with E-state index < -0.39 is 23.5 Å². The zero-order chi connectivity index (χ0) is 16.6. The summed E-state index contributed by atoms with van der Waals surface area (Å²) in [5, 5.41) is 2.59. The molecule has 1 aliphatic heterocycles. The van der Waals surface area contributed by atoms with Crippen LogP contribution in [-0.4, -0.2) is 19.0 Å². The van der Waals surface area contributed by atoms with Crippen LogP contribution in [0.15, 0.2) is 36.4 Å². The highest BCUT2D eigenvalue weighted by Crippen LogP contribution is 2.34. The number of anilines is 1. The molecule has 0 fully saturated rings. The number of halogens is 2. The molecule has 1 aliphatic rings. The van der Waals surface area contributed by atoms with E-state index in [-0.39, 0.29) is 16.7 Å². The molecule has 3 rings (SSSR count). The van der Waals surface area contributed by atoms with Crippen LogP contribution in [0, 0.1) is 11.6 Å². The van der Waals surface area contributed by atoms with E-state index in [1.54, 1.807) is 6.07 Å². The third kappa shape index (κ3) is 2.70. The Morgan fingerprint density at radius 1 is 1.17 bits per heavy atom. The van der Waals surface area contributed by atoms with Crippen LogP contribution >= 0.6 is 0 Å². The molecule has 0 atom stereocenters. The number of benzene rings is 2. The normalized spacial score (nSPS) is 14.6. The maximum Gasteiger partial charge on any atom is 0.337 e. The molecule has 0 saturated heterocycles. The lowest BCUT2D eigenvalue weighted by molar-refractivity contribution is -0.110. The van der Waals surface area contributed by atoms with Crippen molar-refractivity contribution >= 4 is 29.2 Å². The number of hydrogen-bond acceptors (Lipinski definition) is 3. The Hall–Kier alpha value is -3.02. The molecule has 1 heterocycles. The molecular weight excluding hydrogens is 304 g/mol. The highest BCUT2D eigenvalue weighted by Gasteiger charge is 2.25. The Kier molecular flexibility index (Phi) is 3.65. The van der Waals surface area contributed by atoms with E-state index in [9.17, 15) is 18.4 Å². The van der Waals surface area contributed by atoms with Gasteiger partial charge < -0.3 is 10.1 Å². The molecule has 1 amide bonds. The van der Waals surface area contributed by atoms with Gasteiger partial charge in [-0.15, -0.1) is 0 Å². The Balaban J connectivity index is 2.07. The maximum absolute atomic E-state index is 13.7. The average Bonchev–Trinajstić information content (AvgIpc) is 2.85. The molecule has 2 aromatic rings. The number of amides is 1. The minimum absolute atomic E-state index is 0.0277. The maximum atomic E-state index is 13.7. The first-order chi connectivity index (χ1) is 11.0. The molecule has 0 spiro atoms. The third-order valence-corrected chi connectivity index (χ3v) is 3.48. The Bertz CT molecular complexity index is 859. The second kappa shape index (κ2) is 5.64. The predicted molar refractivity (Wildman–Crippen MR) is 80.6 cm³/mol. The van der Waals surface area contributed by atoms with Gasteiger partial charge in [0.15, 0.2) is 0 Å². The van der Waals surface area contributed by atoms with Gasteiger partial charge in [-0.2, -0.15) is 0 Å². The number of rotatable bonds is 2. The SMILES string of the molecule is COC(=O)c1ccc2c(c1)NC(=O)/C2=C\c1cc(F)ccc1F. The van der Waals surface area contributed by atoms with Gasteiger partial charge in [0.05, 0.1) is 12.7 Å². The van der Waals surface area contributed by atoms with Crippen LogP contribution in [0.25, 0.3) is 11.6 Å². The van der Waals surface area contributed by atoms with Crippen LogP contribution < -0.4 is 5.32 Å². The zero-order valence-corrected chi connectivity index (χ0v) is 12.0. The van der Waals surface area contributed by atoms with Crippen molar-refractivity contribution in [2.75, 3.05) is 12.4 Å². The summed E-state index contributed by atoms with van der Waals surface area (Å²) in [5.74, 6) is -2.22. The fourth-order valence-corrected chi connectivity index (χ4v) is 2.36. The Morgan fingerprint density at radius 2 is 1.96 bits per heavy atom. The van der Waals surface area contributed by atoms with E-state index in [0.29, 0.717) is 11.3 Å². The summed E-state index contributed by atoms with van der Waals surface area (Å²) < 4.78 is 31.6. The number of nitrogens with one attached hydrogen (secondary N) is 1.